The van der Waals surface area contributed by atoms with Crippen LogP contribution >= 0.6 is 11.8 Å². The van der Waals surface area contributed by atoms with E-state index in [0.717, 1.165) is 12.2 Å². The van der Waals surface area contributed by atoms with E-state index < -0.39 is 0 Å². The molecular formula is C16H20N4S. The van der Waals surface area contributed by atoms with Gasteiger partial charge in [-0.05, 0) is 37.9 Å². The third-order valence-electron chi connectivity index (χ3n) is 2.78. The van der Waals surface area contributed by atoms with Crippen LogP contribution in [0.15, 0.2) is 69.8 Å². The summed E-state index contributed by atoms with van der Waals surface area (Å²) in [7, 11) is 4.10. The van der Waals surface area contributed by atoms with Crippen molar-refractivity contribution in [2.75, 3.05) is 25.4 Å². The van der Waals surface area contributed by atoms with Crippen LogP contribution in [0.5, 0.6) is 0 Å². The van der Waals surface area contributed by atoms with Crippen molar-refractivity contribution in [3.8, 4) is 0 Å². The van der Waals surface area contributed by atoms with Crippen molar-refractivity contribution >= 4 is 17.4 Å². The highest BCUT2D eigenvalue weighted by atomic mass is 32.2. The van der Waals surface area contributed by atoms with Crippen LogP contribution < -0.4 is 5.43 Å². The molecule has 0 saturated heterocycles. The Morgan fingerprint density at radius 2 is 1.71 bits per heavy atom. The van der Waals surface area contributed by atoms with Crippen molar-refractivity contribution < 1.29 is 0 Å². The van der Waals surface area contributed by atoms with E-state index in [1.807, 2.05) is 36.4 Å². The number of rotatable bonds is 7. The first-order chi connectivity index (χ1) is 10.3. The third-order valence-corrected chi connectivity index (χ3v) is 3.63. The van der Waals surface area contributed by atoms with Crippen molar-refractivity contribution in [1.82, 2.24) is 4.90 Å². The van der Waals surface area contributed by atoms with Gasteiger partial charge in [-0.1, -0.05) is 41.6 Å². The molecule has 0 unspecified atom stereocenters. The van der Waals surface area contributed by atoms with E-state index in [1.54, 1.807) is 11.8 Å². The molecule has 0 atom stereocenters. The van der Waals surface area contributed by atoms with E-state index in [9.17, 15) is 0 Å². The van der Waals surface area contributed by atoms with Crippen molar-refractivity contribution in [1.29, 1.82) is 0 Å². The van der Waals surface area contributed by atoms with Gasteiger partial charge in [0.05, 0.1) is 5.69 Å². The van der Waals surface area contributed by atoms with E-state index in [2.05, 4.69) is 53.0 Å². The second-order valence-electron chi connectivity index (χ2n) is 4.83. The number of thioether (sulfide) groups is 1. The van der Waals surface area contributed by atoms with Gasteiger partial charge < -0.3 is 4.90 Å². The summed E-state index contributed by atoms with van der Waals surface area (Å²) < 4.78 is 0. The number of hydrogen-bond donors (Lipinski definition) is 1. The van der Waals surface area contributed by atoms with Crippen molar-refractivity contribution in [2.45, 2.75) is 11.4 Å². The molecule has 0 aliphatic heterocycles. The van der Waals surface area contributed by atoms with Gasteiger partial charge in [0.15, 0.2) is 0 Å². The number of hydrogen-bond acceptors (Lipinski definition) is 4. The molecule has 21 heavy (non-hydrogen) atoms. The Balaban J connectivity index is 1.84. The second-order valence-corrected chi connectivity index (χ2v) is 5.85. The highest BCUT2D eigenvalue weighted by molar-refractivity contribution is 7.99. The molecule has 0 fully saturated rings. The molecule has 2 rings (SSSR count). The largest absolute Gasteiger partial charge is 0.305 e. The molecule has 1 N–H and O–H groups in total. The molecule has 0 saturated carbocycles. The highest BCUT2D eigenvalue weighted by Crippen LogP contribution is 2.18. The van der Waals surface area contributed by atoms with Crippen LogP contribution in [-0.4, -0.2) is 24.9 Å². The Kier molecular flexibility index (Phi) is 6.24. The van der Waals surface area contributed by atoms with Crippen molar-refractivity contribution in [2.24, 2.45) is 10.3 Å². The van der Waals surface area contributed by atoms with Gasteiger partial charge in [-0.2, -0.15) is 5.11 Å². The predicted molar refractivity (Wildman–Crippen MR) is 89.5 cm³/mol. The Labute approximate surface area is 130 Å². The van der Waals surface area contributed by atoms with Gasteiger partial charge in [0.25, 0.3) is 0 Å². The van der Waals surface area contributed by atoms with Crippen LogP contribution in [0.2, 0.25) is 0 Å². The zero-order valence-corrected chi connectivity index (χ0v) is 13.2. The zero-order valence-electron chi connectivity index (χ0n) is 12.4. The molecule has 0 aliphatic rings. The Morgan fingerprint density at radius 1 is 1.00 bits per heavy atom. The van der Waals surface area contributed by atoms with Crippen molar-refractivity contribution in [3.05, 3.63) is 60.2 Å². The lowest BCUT2D eigenvalue weighted by atomic mass is 10.2. The van der Waals surface area contributed by atoms with Gasteiger partial charge in [0, 0.05) is 11.4 Å². The molecule has 2 aromatic carbocycles. The zero-order chi connectivity index (χ0) is 14.9. The van der Waals surface area contributed by atoms with Crippen LogP contribution in [0.25, 0.3) is 0 Å². The summed E-state index contributed by atoms with van der Waals surface area (Å²) in [5.74, 6) is 0.604. The number of anilines is 1. The average molecular weight is 300 g/mol. The number of para-hydroxylation sites is 1. The monoisotopic (exact) mass is 300 g/mol. The normalized spacial score (nSPS) is 11.2. The molecule has 0 aromatic heterocycles. The van der Waals surface area contributed by atoms with Gasteiger partial charge in [-0.25, -0.2) is 0 Å². The molecule has 0 aliphatic carbocycles. The van der Waals surface area contributed by atoms with E-state index in [1.165, 1.54) is 10.5 Å². The fourth-order valence-corrected chi connectivity index (χ4v) is 2.46. The molecule has 0 bridgehead atoms. The molecule has 4 nitrogen and oxygen atoms in total. The van der Waals surface area contributed by atoms with E-state index in [0.29, 0.717) is 5.88 Å². The second kappa shape index (κ2) is 8.44. The minimum atomic E-state index is 0.604. The Morgan fingerprint density at radius 3 is 2.48 bits per heavy atom. The summed E-state index contributed by atoms with van der Waals surface area (Å²) in [6.07, 6.45) is 0. The first kappa shape index (κ1) is 15.5. The van der Waals surface area contributed by atoms with Crippen LogP contribution in [-0.2, 0) is 6.54 Å². The minimum Gasteiger partial charge on any atom is -0.305 e. The quantitative estimate of drug-likeness (QED) is 0.471. The van der Waals surface area contributed by atoms with Gasteiger partial charge in [0.2, 0.25) is 0 Å². The fourth-order valence-electron chi connectivity index (χ4n) is 1.85. The fraction of sp³-hybridized carbons (Fsp3) is 0.250. The Bertz CT molecular complexity index is 569. The number of nitrogens with zero attached hydrogens (tertiary/aromatic N) is 3. The van der Waals surface area contributed by atoms with Gasteiger partial charge in [-0.15, -0.1) is 11.8 Å². The molecule has 0 heterocycles. The molecule has 5 heteroatoms. The predicted octanol–water partition coefficient (Wildman–Crippen LogP) is 4.28. The minimum absolute atomic E-state index is 0.604. The summed E-state index contributed by atoms with van der Waals surface area (Å²) in [5.41, 5.74) is 5.23. The van der Waals surface area contributed by atoms with E-state index >= 15 is 0 Å². The summed E-state index contributed by atoms with van der Waals surface area (Å²) in [4.78, 5) is 3.33. The molecular weight excluding hydrogens is 280 g/mol. The summed E-state index contributed by atoms with van der Waals surface area (Å²) in [5, 5.41) is 8.21. The van der Waals surface area contributed by atoms with Crippen LogP contribution in [0.4, 0.5) is 5.69 Å². The van der Waals surface area contributed by atoms with E-state index in [-0.39, 0.29) is 0 Å². The summed E-state index contributed by atoms with van der Waals surface area (Å²) in [6.45, 7) is 0.872. The lowest BCUT2D eigenvalue weighted by molar-refractivity contribution is 0.403. The standard InChI is InChI=1S/C16H20N4S/c1-20(2)12-14-8-6-7-11-16(14)18-19-17-13-21-15-9-4-3-5-10-15/h3-11H,12-13H2,1-2H3,(H,17,18). The SMILES string of the molecule is CN(C)Cc1ccccc1N/N=N/CSc1ccccc1. The van der Waals surface area contributed by atoms with Gasteiger partial charge in [-0.3, -0.25) is 5.43 Å². The van der Waals surface area contributed by atoms with Crippen LogP contribution in [0, 0.1) is 0 Å². The first-order valence-electron chi connectivity index (χ1n) is 6.78. The van der Waals surface area contributed by atoms with Gasteiger partial charge in [0.1, 0.15) is 5.88 Å². The average Bonchev–Trinajstić information content (AvgIpc) is 2.49. The number of benzene rings is 2. The number of nitrogens with one attached hydrogen (secondary N) is 1. The lowest BCUT2D eigenvalue weighted by Crippen LogP contribution is -2.11. The third kappa shape index (κ3) is 5.57. The van der Waals surface area contributed by atoms with Crippen LogP contribution in [0.1, 0.15) is 5.56 Å². The maximum Gasteiger partial charge on any atom is 0.112 e. The molecule has 2 aromatic rings. The Hall–Kier alpha value is -1.85. The lowest BCUT2D eigenvalue weighted by Gasteiger charge is -2.12. The highest BCUT2D eigenvalue weighted by Gasteiger charge is 2.01. The molecule has 0 radical (unpaired) electrons. The first-order valence-corrected chi connectivity index (χ1v) is 7.77. The molecule has 0 amide bonds. The summed E-state index contributed by atoms with van der Waals surface area (Å²) in [6, 6.07) is 18.3. The maximum absolute atomic E-state index is 4.15. The topological polar surface area (TPSA) is 40.0 Å². The molecule has 0 spiro atoms. The van der Waals surface area contributed by atoms with E-state index in [4.69, 9.17) is 0 Å². The van der Waals surface area contributed by atoms with Crippen molar-refractivity contribution in [3.63, 3.8) is 0 Å². The molecule has 110 valence electrons. The summed E-state index contributed by atoms with van der Waals surface area (Å²) >= 11 is 1.66. The smallest absolute Gasteiger partial charge is 0.112 e. The maximum atomic E-state index is 4.15. The van der Waals surface area contributed by atoms with Gasteiger partial charge >= 0.3 is 0 Å². The van der Waals surface area contributed by atoms with Crippen LogP contribution in [0.3, 0.4) is 0 Å².